The van der Waals surface area contributed by atoms with Crippen molar-refractivity contribution in [2.75, 3.05) is 5.32 Å². The Morgan fingerprint density at radius 2 is 1.97 bits per heavy atom. The van der Waals surface area contributed by atoms with E-state index in [2.05, 4.69) is 27.4 Å². The summed E-state index contributed by atoms with van der Waals surface area (Å²) in [5.74, 6) is 0.405. The average molecular weight is 387 g/mol. The van der Waals surface area contributed by atoms with Gasteiger partial charge in [-0.1, -0.05) is 12.1 Å². The molecule has 1 N–H and O–H groups in total. The van der Waals surface area contributed by atoms with Crippen LogP contribution in [0.25, 0.3) is 11.2 Å². The fourth-order valence-electron chi connectivity index (χ4n) is 4.03. The van der Waals surface area contributed by atoms with Gasteiger partial charge in [0.1, 0.15) is 11.6 Å². The maximum Gasteiger partial charge on any atom is 0.330 e. The molecule has 0 atom stereocenters. The van der Waals surface area contributed by atoms with E-state index in [0.29, 0.717) is 28.4 Å². The van der Waals surface area contributed by atoms with Gasteiger partial charge >= 0.3 is 5.69 Å². The number of para-hydroxylation sites is 1. The van der Waals surface area contributed by atoms with Crippen LogP contribution >= 0.6 is 0 Å². The number of rotatable bonds is 3. The highest BCUT2D eigenvalue weighted by molar-refractivity contribution is 5.74. The highest BCUT2D eigenvalue weighted by Gasteiger charge is 2.26. The van der Waals surface area contributed by atoms with Crippen LogP contribution in [0.5, 0.6) is 0 Å². The minimum Gasteiger partial charge on any atom is -0.323 e. The molecule has 8 heteroatoms. The molecule has 1 aliphatic carbocycles. The number of nitrogens with one attached hydrogen (secondary N) is 1. The summed E-state index contributed by atoms with van der Waals surface area (Å²) < 4.78 is 3.29. The van der Waals surface area contributed by atoms with Crippen molar-refractivity contribution in [3.63, 3.8) is 0 Å². The maximum atomic E-state index is 12.9. The van der Waals surface area contributed by atoms with Gasteiger partial charge in [-0.15, -0.1) is 0 Å². The van der Waals surface area contributed by atoms with Gasteiger partial charge < -0.3 is 5.32 Å². The van der Waals surface area contributed by atoms with Crippen molar-refractivity contribution in [1.29, 1.82) is 10.5 Å². The first-order valence-corrected chi connectivity index (χ1v) is 9.63. The molecule has 1 aliphatic rings. The van der Waals surface area contributed by atoms with Gasteiger partial charge in [0, 0.05) is 19.0 Å². The Labute approximate surface area is 168 Å². The summed E-state index contributed by atoms with van der Waals surface area (Å²) in [6.07, 6.45) is 4.76. The Kier molecular flexibility index (Phi) is 4.77. The Balaban J connectivity index is 1.76. The molecule has 0 radical (unpaired) electrons. The fourth-order valence-corrected chi connectivity index (χ4v) is 4.03. The lowest BCUT2D eigenvalue weighted by Gasteiger charge is -2.25. The van der Waals surface area contributed by atoms with Gasteiger partial charge in [0.15, 0.2) is 5.65 Å². The van der Waals surface area contributed by atoms with Crippen LogP contribution in [0.2, 0.25) is 0 Å². The molecule has 1 saturated carbocycles. The molecule has 0 spiro atoms. The van der Waals surface area contributed by atoms with E-state index in [-0.39, 0.29) is 17.6 Å². The van der Waals surface area contributed by atoms with Crippen LogP contribution in [0.3, 0.4) is 0 Å². The van der Waals surface area contributed by atoms with Gasteiger partial charge in [-0.05, 0) is 44.2 Å². The van der Waals surface area contributed by atoms with Crippen LogP contribution in [0.4, 0.5) is 11.6 Å². The first-order valence-electron chi connectivity index (χ1n) is 9.63. The van der Waals surface area contributed by atoms with Crippen LogP contribution in [0.15, 0.2) is 29.2 Å². The minimum absolute atomic E-state index is 0.0201. The molecule has 146 valence electrons. The van der Waals surface area contributed by atoms with E-state index in [4.69, 9.17) is 5.26 Å². The smallest absolute Gasteiger partial charge is 0.323 e. The van der Waals surface area contributed by atoms with E-state index in [1.54, 1.807) is 28.4 Å². The molecular weight excluding hydrogens is 366 g/mol. The minimum atomic E-state index is -0.125. The molecule has 2 heterocycles. The van der Waals surface area contributed by atoms with Gasteiger partial charge in [-0.3, -0.25) is 9.13 Å². The molecule has 8 nitrogen and oxygen atoms in total. The first-order chi connectivity index (χ1) is 14.0. The van der Waals surface area contributed by atoms with E-state index < -0.39 is 0 Å². The lowest BCUT2D eigenvalue weighted by molar-refractivity contribution is 0.311. The second kappa shape index (κ2) is 7.40. The van der Waals surface area contributed by atoms with Crippen molar-refractivity contribution < 1.29 is 0 Å². The lowest BCUT2D eigenvalue weighted by atomic mass is 9.87. The highest BCUT2D eigenvalue weighted by Crippen LogP contribution is 2.33. The monoisotopic (exact) mass is 387 g/mol. The van der Waals surface area contributed by atoms with E-state index in [9.17, 15) is 10.1 Å². The normalized spacial score (nSPS) is 18.9. The summed E-state index contributed by atoms with van der Waals surface area (Å²) in [5, 5.41) is 21.7. The zero-order chi connectivity index (χ0) is 20.5. The van der Waals surface area contributed by atoms with E-state index in [1.165, 1.54) is 0 Å². The number of benzene rings is 1. The van der Waals surface area contributed by atoms with Crippen molar-refractivity contribution in [2.24, 2.45) is 13.0 Å². The molecule has 0 bridgehead atoms. The molecule has 0 aliphatic heterocycles. The van der Waals surface area contributed by atoms with Gasteiger partial charge in [0.25, 0.3) is 0 Å². The van der Waals surface area contributed by atoms with Gasteiger partial charge in [0.2, 0.25) is 5.95 Å². The number of nitriles is 2. The van der Waals surface area contributed by atoms with Crippen molar-refractivity contribution in [1.82, 2.24) is 19.1 Å². The predicted octanol–water partition coefficient (Wildman–Crippen LogP) is 3.31. The van der Waals surface area contributed by atoms with E-state index in [1.807, 2.05) is 19.1 Å². The summed E-state index contributed by atoms with van der Waals surface area (Å²) in [5.41, 5.74) is 3.19. The zero-order valence-electron chi connectivity index (χ0n) is 16.4. The fraction of sp³-hybridized carbons (Fsp3) is 0.381. The number of hydrogen-bond donors (Lipinski definition) is 1. The third kappa shape index (κ3) is 3.23. The number of hydrogen-bond acceptors (Lipinski definition) is 6. The van der Waals surface area contributed by atoms with E-state index in [0.717, 1.165) is 31.2 Å². The Hall–Kier alpha value is -3.65. The number of anilines is 2. The molecule has 3 aromatic rings. The molecule has 4 rings (SSSR count). The van der Waals surface area contributed by atoms with Gasteiger partial charge in [-0.25, -0.2) is 9.78 Å². The van der Waals surface area contributed by atoms with E-state index >= 15 is 0 Å². The second-order valence-electron chi connectivity index (χ2n) is 7.48. The quantitative estimate of drug-likeness (QED) is 0.738. The topological polar surface area (TPSA) is 112 Å². The summed E-state index contributed by atoms with van der Waals surface area (Å²) in [4.78, 5) is 21.9. The summed E-state index contributed by atoms with van der Waals surface area (Å²) in [6, 6.07) is 10.0. The van der Waals surface area contributed by atoms with Crippen LogP contribution in [-0.2, 0) is 7.05 Å². The van der Waals surface area contributed by atoms with Crippen LogP contribution < -0.4 is 11.0 Å². The number of aryl methyl sites for hydroxylation is 2. The summed E-state index contributed by atoms with van der Waals surface area (Å²) >= 11 is 0. The third-order valence-corrected chi connectivity index (χ3v) is 5.71. The predicted molar refractivity (Wildman–Crippen MR) is 109 cm³/mol. The summed E-state index contributed by atoms with van der Waals surface area (Å²) in [6.45, 7) is 1.91. The first kappa shape index (κ1) is 18.7. The van der Waals surface area contributed by atoms with Crippen molar-refractivity contribution >= 4 is 22.8 Å². The largest absolute Gasteiger partial charge is 0.330 e. The standard InChI is InChI=1S/C21H21N7O/c1-13-4-3-5-15(11-23)18(13)25-20-24-12-17-19(26-20)28(21(29)27(17)2)16-8-6-14(10-22)7-9-16/h3-5,12,14,16H,6-9H2,1-2H3,(H,24,25,26)/t14-,16-. The van der Waals surface area contributed by atoms with Crippen molar-refractivity contribution in [3.8, 4) is 12.1 Å². The van der Waals surface area contributed by atoms with Crippen LogP contribution in [0, 0.1) is 35.5 Å². The average Bonchev–Trinajstić information content (AvgIpc) is 2.99. The van der Waals surface area contributed by atoms with Crippen molar-refractivity contribution in [3.05, 3.63) is 46.0 Å². The highest BCUT2D eigenvalue weighted by atomic mass is 16.1. The van der Waals surface area contributed by atoms with Crippen molar-refractivity contribution in [2.45, 2.75) is 38.6 Å². The summed E-state index contributed by atoms with van der Waals surface area (Å²) in [7, 11) is 1.72. The second-order valence-corrected chi connectivity index (χ2v) is 7.48. The number of aromatic nitrogens is 4. The molecule has 2 aromatic heterocycles. The molecule has 0 amide bonds. The van der Waals surface area contributed by atoms with Crippen LogP contribution in [-0.4, -0.2) is 19.1 Å². The molecule has 1 aromatic carbocycles. The van der Waals surface area contributed by atoms with Gasteiger partial charge in [-0.2, -0.15) is 15.5 Å². The number of nitrogens with zero attached hydrogens (tertiary/aromatic N) is 6. The Morgan fingerprint density at radius 3 is 2.66 bits per heavy atom. The molecular formula is C21H21N7O. The molecule has 29 heavy (non-hydrogen) atoms. The molecule has 0 saturated heterocycles. The number of imidazole rings is 1. The van der Waals surface area contributed by atoms with Crippen LogP contribution in [0.1, 0.15) is 42.9 Å². The molecule has 0 unspecified atom stereocenters. The zero-order valence-corrected chi connectivity index (χ0v) is 16.4. The lowest BCUT2D eigenvalue weighted by Crippen LogP contribution is -2.28. The maximum absolute atomic E-state index is 12.9. The molecule has 1 fully saturated rings. The van der Waals surface area contributed by atoms with Gasteiger partial charge in [0.05, 0.1) is 23.5 Å². The Morgan fingerprint density at radius 1 is 1.21 bits per heavy atom. The SMILES string of the molecule is Cc1cccc(C#N)c1Nc1ncc2c(n1)n([C@H]1CC[C@H](C#N)CC1)c(=O)n2C. The number of fused-ring (bicyclic) bond motifs is 1. The Bertz CT molecular complexity index is 1220. The third-order valence-electron chi connectivity index (χ3n) is 5.71.